The molecule has 5 heteroatoms. The Morgan fingerprint density at radius 2 is 2.06 bits per heavy atom. The van der Waals surface area contributed by atoms with E-state index in [4.69, 9.17) is 4.74 Å². The zero-order valence-electron chi connectivity index (χ0n) is 9.27. The van der Waals surface area contributed by atoms with Crippen molar-refractivity contribution in [3.63, 3.8) is 0 Å². The monoisotopic (exact) mass is 369 g/mol. The van der Waals surface area contributed by atoms with Gasteiger partial charge in [0.25, 0.3) is 0 Å². The minimum atomic E-state index is 0.316. The van der Waals surface area contributed by atoms with Gasteiger partial charge in [0.05, 0.1) is 15.7 Å². The molecule has 0 radical (unpaired) electrons. The van der Waals surface area contributed by atoms with Crippen molar-refractivity contribution in [3.05, 3.63) is 56.7 Å². The summed E-state index contributed by atoms with van der Waals surface area (Å²) in [6.07, 6.45) is 2.48. The number of aldehydes is 1. The highest BCUT2D eigenvalue weighted by molar-refractivity contribution is 9.10. The van der Waals surface area contributed by atoms with Crippen LogP contribution in [0.1, 0.15) is 16.1 Å². The second-order valence-corrected chi connectivity index (χ2v) is 5.30. The predicted octanol–water partition coefficient (Wildman–Crippen LogP) is 4.00. The van der Waals surface area contributed by atoms with E-state index in [0.717, 1.165) is 20.9 Å². The molecular formula is C13H9Br2NO2. The van der Waals surface area contributed by atoms with E-state index >= 15 is 0 Å². The van der Waals surface area contributed by atoms with Gasteiger partial charge in [-0.3, -0.25) is 9.78 Å². The van der Waals surface area contributed by atoms with E-state index in [1.54, 1.807) is 18.3 Å². The van der Waals surface area contributed by atoms with Crippen LogP contribution >= 0.6 is 31.9 Å². The van der Waals surface area contributed by atoms with Crippen molar-refractivity contribution >= 4 is 38.1 Å². The number of pyridine rings is 1. The molecule has 1 heterocycles. The minimum Gasteiger partial charge on any atom is -0.485 e. The minimum absolute atomic E-state index is 0.316. The lowest BCUT2D eigenvalue weighted by atomic mass is 10.2. The van der Waals surface area contributed by atoms with Gasteiger partial charge in [-0.05, 0) is 56.1 Å². The van der Waals surface area contributed by atoms with E-state index in [9.17, 15) is 4.79 Å². The summed E-state index contributed by atoms with van der Waals surface area (Å²) in [5, 5.41) is 0. The summed E-state index contributed by atoms with van der Waals surface area (Å²) in [4.78, 5) is 15.1. The molecule has 0 amide bonds. The van der Waals surface area contributed by atoms with Crippen molar-refractivity contribution < 1.29 is 9.53 Å². The Morgan fingerprint density at radius 3 is 2.72 bits per heavy atom. The van der Waals surface area contributed by atoms with Crippen molar-refractivity contribution in [1.29, 1.82) is 0 Å². The molecule has 1 aromatic heterocycles. The fraction of sp³-hybridized carbons (Fsp3) is 0.0769. The lowest BCUT2D eigenvalue weighted by molar-refractivity contribution is 0.111. The third kappa shape index (κ3) is 3.17. The molecule has 0 unspecified atom stereocenters. The first-order valence-electron chi connectivity index (χ1n) is 5.17. The second kappa shape index (κ2) is 6.11. The number of ether oxygens (including phenoxy) is 1. The Bertz CT molecular complexity index is 555. The van der Waals surface area contributed by atoms with Crippen LogP contribution in [0, 0.1) is 0 Å². The van der Waals surface area contributed by atoms with Crippen molar-refractivity contribution in [2.45, 2.75) is 6.61 Å². The highest BCUT2D eigenvalue weighted by Crippen LogP contribution is 2.28. The Balaban J connectivity index is 2.15. The molecule has 0 saturated carbocycles. The zero-order valence-corrected chi connectivity index (χ0v) is 12.4. The van der Waals surface area contributed by atoms with Crippen LogP contribution in [-0.4, -0.2) is 11.3 Å². The maximum atomic E-state index is 10.9. The normalized spacial score (nSPS) is 10.1. The Morgan fingerprint density at radius 1 is 1.22 bits per heavy atom. The summed E-state index contributed by atoms with van der Waals surface area (Å²) in [7, 11) is 0. The molecule has 18 heavy (non-hydrogen) atoms. The largest absolute Gasteiger partial charge is 0.485 e. The van der Waals surface area contributed by atoms with Gasteiger partial charge in [-0.1, -0.05) is 6.07 Å². The van der Waals surface area contributed by atoms with Crippen LogP contribution in [0.15, 0.2) is 45.5 Å². The summed E-state index contributed by atoms with van der Waals surface area (Å²) < 4.78 is 7.30. The fourth-order valence-corrected chi connectivity index (χ4v) is 2.14. The van der Waals surface area contributed by atoms with Crippen LogP contribution in [0.5, 0.6) is 5.75 Å². The van der Waals surface area contributed by atoms with Crippen LogP contribution in [0.25, 0.3) is 0 Å². The van der Waals surface area contributed by atoms with Gasteiger partial charge in [0.2, 0.25) is 0 Å². The standard InChI is InChI=1S/C13H9Br2NO2/c14-10-4-5-11(16-6-10)8-18-13-9(7-17)2-1-3-12(13)15/h1-7H,8H2. The predicted molar refractivity (Wildman–Crippen MR) is 75.8 cm³/mol. The molecule has 0 aliphatic heterocycles. The summed E-state index contributed by atoms with van der Waals surface area (Å²) in [6.45, 7) is 0.316. The average molecular weight is 371 g/mol. The van der Waals surface area contributed by atoms with Gasteiger partial charge >= 0.3 is 0 Å². The molecule has 0 aliphatic rings. The smallest absolute Gasteiger partial charge is 0.153 e. The van der Waals surface area contributed by atoms with Gasteiger partial charge in [-0.15, -0.1) is 0 Å². The highest BCUT2D eigenvalue weighted by atomic mass is 79.9. The number of halogens is 2. The van der Waals surface area contributed by atoms with Crippen molar-refractivity contribution in [1.82, 2.24) is 4.98 Å². The molecule has 0 atom stereocenters. The van der Waals surface area contributed by atoms with E-state index in [1.807, 2.05) is 18.2 Å². The first kappa shape index (κ1) is 13.2. The molecular weight excluding hydrogens is 362 g/mol. The molecule has 0 saturated heterocycles. The van der Waals surface area contributed by atoms with E-state index in [1.165, 1.54) is 0 Å². The lowest BCUT2D eigenvalue weighted by Crippen LogP contribution is -2.00. The van der Waals surface area contributed by atoms with Crippen molar-refractivity contribution in [3.8, 4) is 5.75 Å². The van der Waals surface area contributed by atoms with Gasteiger partial charge < -0.3 is 4.74 Å². The first-order chi connectivity index (χ1) is 8.70. The SMILES string of the molecule is O=Cc1cccc(Br)c1OCc1ccc(Br)cn1. The maximum absolute atomic E-state index is 10.9. The molecule has 0 N–H and O–H groups in total. The van der Waals surface area contributed by atoms with Crippen LogP contribution < -0.4 is 4.74 Å². The number of hydrogen-bond acceptors (Lipinski definition) is 3. The molecule has 0 spiro atoms. The molecule has 0 bridgehead atoms. The molecule has 1 aromatic carbocycles. The second-order valence-electron chi connectivity index (χ2n) is 3.53. The fourth-order valence-electron chi connectivity index (χ4n) is 1.41. The number of rotatable bonds is 4. The average Bonchev–Trinajstić information content (AvgIpc) is 2.39. The Kier molecular flexibility index (Phi) is 4.49. The van der Waals surface area contributed by atoms with E-state index < -0.39 is 0 Å². The first-order valence-corrected chi connectivity index (χ1v) is 6.76. The van der Waals surface area contributed by atoms with Crippen LogP contribution in [0.2, 0.25) is 0 Å². The molecule has 0 aliphatic carbocycles. The third-order valence-corrected chi connectivity index (χ3v) is 3.37. The van der Waals surface area contributed by atoms with Crippen LogP contribution in [0.4, 0.5) is 0 Å². The van der Waals surface area contributed by atoms with Gasteiger partial charge in [-0.2, -0.15) is 0 Å². The number of benzene rings is 1. The van der Waals surface area contributed by atoms with E-state index in [-0.39, 0.29) is 0 Å². The third-order valence-electron chi connectivity index (χ3n) is 2.28. The summed E-state index contributed by atoms with van der Waals surface area (Å²) in [5.74, 6) is 0.539. The molecule has 92 valence electrons. The van der Waals surface area contributed by atoms with Gasteiger partial charge in [-0.25, -0.2) is 0 Å². The number of carbonyl (C=O) groups is 1. The number of hydrogen-bond donors (Lipinski definition) is 0. The number of aromatic nitrogens is 1. The van der Waals surface area contributed by atoms with Gasteiger partial charge in [0.15, 0.2) is 6.29 Å². The Hall–Kier alpha value is -1.20. The Labute approximate surface area is 121 Å². The van der Waals surface area contributed by atoms with Crippen molar-refractivity contribution in [2.24, 2.45) is 0 Å². The number of para-hydroxylation sites is 1. The molecule has 0 fully saturated rings. The van der Waals surface area contributed by atoms with Gasteiger partial charge in [0.1, 0.15) is 12.4 Å². The summed E-state index contributed by atoms with van der Waals surface area (Å²) in [5.41, 5.74) is 1.31. The quantitative estimate of drug-likeness (QED) is 0.763. The number of carbonyl (C=O) groups excluding carboxylic acids is 1. The van der Waals surface area contributed by atoms with Crippen molar-refractivity contribution in [2.75, 3.05) is 0 Å². The molecule has 3 nitrogen and oxygen atoms in total. The van der Waals surface area contributed by atoms with Crippen LogP contribution in [-0.2, 0) is 6.61 Å². The van der Waals surface area contributed by atoms with E-state index in [0.29, 0.717) is 17.9 Å². The van der Waals surface area contributed by atoms with Crippen LogP contribution in [0.3, 0.4) is 0 Å². The summed E-state index contributed by atoms with van der Waals surface area (Å²) >= 11 is 6.68. The molecule has 2 rings (SSSR count). The van der Waals surface area contributed by atoms with E-state index in [2.05, 4.69) is 36.8 Å². The topological polar surface area (TPSA) is 39.2 Å². The van der Waals surface area contributed by atoms with Gasteiger partial charge in [0, 0.05) is 10.7 Å². The number of nitrogens with zero attached hydrogens (tertiary/aromatic N) is 1. The lowest BCUT2D eigenvalue weighted by Gasteiger charge is -2.09. The maximum Gasteiger partial charge on any atom is 0.153 e. The zero-order chi connectivity index (χ0) is 13.0. The highest BCUT2D eigenvalue weighted by Gasteiger charge is 2.07. The molecule has 2 aromatic rings. The summed E-state index contributed by atoms with van der Waals surface area (Å²) in [6, 6.07) is 9.09.